The Morgan fingerprint density at radius 3 is 2.50 bits per heavy atom. The topological polar surface area (TPSA) is 49.6 Å². The number of unbranched alkanes of at least 4 members (excludes halogenated alkanes) is 3. The van der Waals surface area contributed by atoms with Gasteiger partial charge in [-0.1, -0.05) is 12.8 Å². The quantitative estimate of drug-likeness (QED) is 0.726. The molecule has 2 aliphatic rings. The van der Waals surface area contributed by atoms with Crippen LogP contribution in [0.1, 0.15) is 57.8 Å². The number of amides is 1. The lowest BCUT2D eigenvalue weighted by Crippen LogP contribution is -2.48. The number of carbonyl (C=O) groups is 1. The Hall–Kier alpha value is -0.610. The van der Waals surface area contributed by atoms with E-state index in [1.54, 1.807) is 0 Å². The third-order valence-electron chi connectivity index (χ3n) is 4.75. The molecule has 1 amide bonds. The molecule has 20 heavy (non-hydrogen) atoms. The highest BCUT2D eigenvalue weighted by Gasteiger charge is 2.28. The van der Waals surface area contributed by atoms with Crippen LogP contribution in [0.5, 0.6) is 0 Å². The predicted octanol–water partition coefficient (Wildman–Crippen LogP) is 1.98. The first-order valence-corrected chi connectivity index (χ1v) is 8.53. The number of hydrogen-bond donors (Lipinski definition) is 1. The average Bonchev–Trinajstić information content (AvgIpc) is 3.01. The first-order valence-electron chi connectivity index (χ1n) is 8.53. The van der Waals surface area contributed by atoms with E-state index < -0.39 is 0 Å². The lowest BCUT2D eigenvalue weighted by atomic mass is 10.0. The van der Waals surface area contributed by atoms with Crippen molar-refractivity contribution < 1.29 is 4.79 Å². The van der Waals surface area contributed by atoms with Gasteiger partial charge in [0.2, 0.25) is 5.91 Å². The Morgan fingerprint density at radius 2 is 1.75 bits per heavy atom. The highest BCUT2D eigenvalue weighted by Crippen LogP contribution is 2.21. The standard InChI is InChI=1S/C16H31N3O/c17-10-4-2-1-3-9-16(20)19-13-7-8-15(14-19)18-11-5-6-12-18/h15H,1-14,17H2. The zero-order valence-electron chi connectivity index (χ0n) is 12.9. The Labute approximate surface area is 123 Å². The zero-order chi connectivity index (χ0) is 14.2. The number of carbonyl (C=O) groups excluding carboxylic acids is 1. The van der Waals surface area contributed by atoms with Gasteiger partial charge >= 0.3 is 0 Å². The SMILES string of the molecule is NCCCCCCC(=O)N1CCCC(N2CCCC2)C1. The van der Waals surface area contributed by atoms with Crippen molar-refractivity contribution >= 4 is 5.91 Å². The van der Waals surface area contributed by atoms with Crippen molar-refractivity contribution in [3.8, 4) is 0 Å². The molecular formula is C16H31N3O. The first-order chi connectivity index (χ1) is 9.81. The van der Waals surface area contributed by atoms with E-state index in [1.807, 2.05) is 0 Å². The molecule has 4 nitrogen and oxygen atoms in total. The van der Waals surface area contributed by atoms with E-state index in [2.05, 4.69) is 9.80 Å². The van der Waals surface area contributed by atoms with Gasteiger partial charge in [0.1, 0.15) is 0 Å². The summed E-state index contributed by atoms with van der Waals surface area (Å²) in [5, 5.41) is 0. The Balaban J connectivity index is 1.67. The minimum atomic E-state index is 0.377. The van der Waals surface area contributed by atoms with Crippen LogP contribution in [-0.2, 0) is 4.79 Å². The van der Waals surface area contributed by atoms with Crippen LogP contribution in [0.3, 0.4) is 0 Å². The van der Waals surface area contributed by atoms with Crippen molar-refractivity contribution in [1.29, 1.82) is 0 Å². The van der Waals surface area contributed by atoms with E-state index >= 15 is 0 Å². The maximum Gasteiger partial charge on any atom is 0.222 e. The average molecular weight is 281 g/mol. The third kappa shape index (κ3) is 4.74. The van der Waals surface area contributed by atoms with Crippen LogP contribution in [-0.4, -0.2) is 54.5 Å². The second-order valence-electron chi connectivity index (χ2n) is 6.33. The molecule has 1 unspecified atom stereocenters. The van der Waals surface area contributed by atoms with Gasteiger partial charge in [-0.3, -0.25) is 9.69 Å². The van der Waals surface area contributed by atoms with Crippen LogP contribution in [0, 0.1) is 0 Å². The highest BCUT2D eigenvalue weighted by molar-refractivity contribution is 5.76. The predicted molar refractivity (Wildman–Crippen MR) is 82.5 cm³/mol. The summed E-state index contributed by atoms with van der Waals surface area (Å²) in [7, 11) is 0. The van der Waals surface area contributed by atoms with Gasteiger partial charge in [-0.25, -0.2) is 0 Å². The molecular weight excluding hydrogens is 250 g/mol. The Kier molecular flexibility index (Phi) is 6.80. The normalized spacial score (nSPS) is 24.2. The van der Waals surface area contributed by atoms with Crippen molar-refractivity contribution in [1.82, 2.24) is 9.80 Å². The van der Waals surface area contributed by atoms with Crippen molar-refractivity contribution in [3.05, 3.63) is 0 Å². The van der Waals surface area contributed by atoms with Crippen molar-refractivity contribution in [3.63, 3.8) is 0 Å². The second-order valence-corrected chi connectivity index (χ2v) is 6.33. The molecule has 0 radical (unpaired) electrons. The number of rotatable bonds is 7. The van der Waals surface area contributed by atoms with Crippen LogP contribution < -0.4 is 5.73 Å². The van der Waals surface area contributed by atoms with Gasteiger partial charge in [0.05, 0.1) is 0 Å². The van der Waals surface area contributed by atoms with E-state index in [0.717, 1.165) is 45.3 Å². The Morgan fingerprint density at radius 1 is 1.00 bits per heavy atom. The zero-order valence-corrected chi connectivity index (χ0v) is 12.9. The number of nitrogens with zero attached hydrogens (tertiary/aromatic N) is 2. The lowest BCUT2D eigenvalue weighted by molar-refractivity contribution is -0.133. The molecule has 2 N–H and O–H groups in total. The molecule has 2 saturated heterocycles. The fourth-order valence-corrected chi connectivity index (χ4v) is 3.52. The molecule has 2 heterocycles. The molecule has 0 saturated carbocycles. The summed E-state index contributed by atoms with van der Waals surface area (Å²) in [6.45, 7) is 5.21. The number of nitrogens with two attached hydrogens (primary N) is 1. The molecule has 4 heteroatoms. The molecule has 1 atom stereocenters. The molecule has 0 aliphatic carbocycles. The van der Waals surface area contributed by atoms with Crippen LogP contribution in [0.4, 0.5) is 0 Å². The molecule has 0 aromatic heterocycles. The van der Waals surface area contributed by atoms with Gasteiger partial charge in [0, 0.05) is 25.6 Å². The second kappa shape index (κ2) is 8.63. The van der Waals surface area contributed by atoms with Gasteiger partial charge in [-0.15, -0.1) is 0 Å². The maximum atomic E-state index is 12.3. The fraction of sp³-hybridized carbons (Fsp3) is 0.938. The number of hydrogen-bond acceptors (Lipinski definition) is 3. The third-order valence-corrected chi connectivity index (χ3v) is 4.75. The Bertz CT molecular complexity index is 289. The summed E-state index contributed by atoms with van der Waals surface area (Å²) in [6, 6.07) is 0.632. The molecule has 2 aliphatic heterocycles. The molecule has 2 fully saturated rings. The summed E-state index contributed by atoms with van der Waals surface area (Å²) in [4.78, 5) is 17.0. The monoisotopic (exact) mass is 281 g/mol. The summed E-state index contributed by atoms with van der Waals surface area (Å²) >= 11 is 0. The largest absolute Gasteiger partial charge is 0.341 e. The lowest BCUT2D eigenvalue weighted by Gasteiger charge is -2.37. The summed E-state index contributed by atoms with van der Waals surface area (Å²) in [5.41, 5.74) is 5.48. The van der Waals surface area contributed by atoms with Crippen molar-refractivity contribution in [2.24, 2.45) is 5.73 Å². The van der Waals surface area contributed by atoms with E-state index in [1.165, 1.54) is 45.2 Å². The van der Waals surface area contributed by atoms with Gasteiger partial charge in [-0.05, 0) is 58.2 Å². The first kappa shape index (κ1) is 15.8. The van der Waals surface area contributed by atoms with E-state index in [-0.39, 0.29) is 0 Å². The van der Waals surface area contributed by atoms with Crippen LogP contribution in [0.15, 0.2) is 0 Å². The van der Waals surface area contributed by atoms with E-state index in [9.17, 15) is 4.79 Å². The van der Waals surface area contributed by atoms with Gasteiger partial charge in [0.25, 0.3) is 0 Å². The number of piperidine rings is 1. The van der Waals surface area contributed by atoms with Crippen LogP contribution >= 0.6 is 0 Å². The molecule has 0 aromatic rings. The molecule has 116 valence electrons. The van der Waals surface area contributed by atoms with E-state index in [4.69, 9.17) is 5.73 Å². The van der Waals surface area contributed by atoms with Gasteiger partial charge in [-0.2, -0.15) is 0 Å². The summed E-state index contributed by atoms with van der Waals surface area (Å²) < 4.78 is 0. The fourth-order valence-electron chi connectivity index (χ4n) is 3.52. The van der Waals surface area contributed by atoms with Crippen LogP contribution in [0.25, 0.3) is 0 Å². The highest BCUT2D eigenvalue weighted by atomic mass is 16.2. The molecule has 0 bridgehead atoms. The van der Waals surface area contributed by atoms with Crippen molar-refractivity contribution in [2.75, 3.05) is 32.7 Å². The van der Waals surface area contributed by atoms with Crippen LogP contribution in [0.2, 0.25) is 0 Å². The summed E-state index contributed by atoms with van der Waals surface area (Å²) in [6.07, 6.45) is 10.3. The maximum absolute atomic E-state index is 12.3. The minimum absolute atomic E-state index is 0.377. The van der Waals surface area contributed by atoms with E-state index in [0.29, 0.717) is 11.9 Å². The van der Waals surface area contributed by atoms with Gasteiger partial charge < -0.3 is 10.6 Å². The minimum Gasteiger partial charge on any atom is -0.341 e. The summed E-state index contributed by atoms with van der Waals surface area (Å²) in [5.74, 6) is 0.377. The molecule has 2 rings (SSSR count). The van der Waals surface area contributed by atoms with Crippen molar-refractivity contribution in [2.45, 2.75) is 63.8 Å². The number of likely N-dealkylation sites (tertiary alicyclic amines) is 2. The smallest absolute Gasteiger partial charge is 0.222 e. The van der Waals surface area contributed by atoms with Gasteiger partial charge in [0.15, 0.2) is 0 Å². The molecule has 0 spiro atoms. The molecule has 0 aromatic carbocycles.